The molecule has 0 saturated carbocycles. The van der Waals surface area contributed by atoms with E-state index in [9.17, 15) is 0 Å². The normalized spacial score (nSPS) is 19.3. The molecule has 0 unspecified atom stereocenters. The van der Waals surface area contributed by atoms with Crippen molar-refractivity contribution in [2.75, 3.05) is 31.1 Å². The highest BCUT2D eigenvalue weighted by atomic mass is 15.3. The Balaban J connectivity index is 1.21. The molecule has 5 rings (SSSR count). The zero-order chi connectivity index (χ0) is 21.4. The topological polar surface area (TPSA) is 45.2 Å². The molecule has 2 aromatic heterocycles. The summed E-state index contributed by atoms with van der Waals surface area (Å²) in [4.78, 5) is 19.1. The van der Waals surface area contributed by atoms with Gasteiger partial charge in [0.15, 0.2) is 0 Å². The van der Waals surface area contributed by atoms with E-state index in [1.165, 1.54) is 60.8 Å². The Bertz CT molecular complexity index is 1050. The van der Waals surface area contributed by atoms with Crippen LogP contribution in [0.3, 0.4) is 0 Å². The van der Waals surface area contributed by atoms with Crippen LogP contribution in [0, 0.1) is 20.8 Å². The Morgan fingerprint density at radius 1 is 0.806 bits per heavy atom. The first kappa shape index (κ1) is 20.4. The van der Waals surface area contributed by atoms with Crippen LogP contribution in [0.15, 0.2) is 36.7 Å². The van der Waals surface area contributed by atoms with E-state index in [1.807, 2.05) is 12.4 Å². The van der Waals surface area contributed by atoms with Crippen molar-refractivity contribution in [3.8, 4) is 0 Å². The second-order valence-electron chi connectivity index (χ2n) is 9.37. The standard InChI is InChI=1S/C26H33N5/c1-18-16-24-20(3)28-26(29-25(24)17-19(18)2)31-14-8-23(9-15-31)30-12-6-22(7-13-30)21-4-10-27-11-5-21/h4-5,10-11,16-17,22-23H,6-9,12-15H2,1-3H3. The number of anilines is 1. The third kappa shape index (κ3) is 4.16. The summed E-state index contributed by atoms with van der Waals surface area (Å²) >= 11 is 0. The highest BCUT2D eigenvalue weighted by Crippen LogP contribution is 2.31. The Kier molecular flexibility index (Phi) is 5.61. The third-order valence-electron chi connectivity index (χ3n) is 7.46. The molecule has 2 fully saturated rings. The Labute approximate surface area is 185 Å². The molecule has 4 heterocycles. The first-order valence-corrected chi connectivity index (χ1v) is 11.7. The lowest BCUT2D eigenvalue weighted by Crippen LogP contribution is -2.48. The second kappa shape index (κ2) is 8.54. The molecule has 2 aliphatic heterocycles. The Morgan fingerprint density at radius 2 is 1.48 bits per heavy atom. The van der Waals surface area contributed by atoms with Gasteiger partial charge in [-0.05, 0) is 106 Å². The van der Waals surface area contributed by atoms with Crippen molar-refractivity contribution in [1.82, 2.24) is 19.9 Å². The van der Waals surface area contributed by atoms with E-state index in [0.717, 1.165) is 30.2 Å². The molecular weight excluding hydrogens is 382 g/mol. The summed E-state index contributed by atoms with van der Waals surface area (Å²) in [6.45, 7) is 10.9. The monoisotopic (exact) mass is 415 g/mol. The lowest BCUT2D eigenvalue weighted by atomic mass is 9.88. The zero-order valence-electron chi connectivity index (χ0n) is 19.0. The number of hydrogen-bond acceptors (Lipinski definition) is 5. The maximum atomic E-state index is 4.94. The molecule has 0 spiro atoms. The van der Waals surface area contributed by atoms with Crippen LogP contribution in [-0.4, -0.2) is 52.1 Å². The van der Waals surface area contributed by atoms with Crippen LogP contribution in [0.5, 0.6) is 0 Å². The molecule has 0 aliphatic carbocycles. The number of piperidine rings is 2. The minimum Gasteiger partial charge on any atom is -0.341 e. The van der Waals surface area contributed by atoms with Crippen LogP contribution in [0.25, 0.3) is 10.9 Å². The summed E-state index contributed by atoms with van der Waals surface area (Å²) in [6.07, 6.45) is 8.78. The van der Waals surface area contributed by atoms with Gasteiger partial charge >= 0.3 is 0 Å². The molecule has 2 saturated heterocycles. The Hall–Kier alpha value is -2.53. The van der Waals surface area contributed by atoms with Gasteiger partial charge in [0.2, 0.25) is 5.95 Å². The van der Waals surface area contributed by atoms with E-state index in [2.05, 4.69) is 59.8 Å². The van der Waals surface area contributed by atoms with Crippen molar-refractivity contribution in [2.24, 2.45) is 0 Å². The van der Waals surface area contributed by atoms with Crippen LogP contribution >= 0.6 is 0 Å². The molecule has 0 radical (unpaired) electrons. The largest absolute Gasteiger partial charge is 0.341 e. The Morgan fingerprint density at radius 3 is 2.19 bits per heavy atom. The smallest absolute Gasteiger partial charge is 0.226 e. The van der Waals surface area contributed by atoms with E-state index < -0.39 is 0 Å². The van der Waals surface area contributed by atoms with E-state index in [1.54, 1.807) is 0 Å². The van der Waals surface area contributed by atoms with E-state index in [-0.39, 0.29) is 0 Å². The SMILES string of the molecule is Cc1cc2nc(N3CCC(N4CCC(c5ccncc5)CC4)CC3)nc(C)c2cc1C. The van der Waals surface area contributed by atoms with Gasteiger partial charge in [0.05, 0.1) is 11.2 Å². The highest BCUT2D eigenvalue weighted by molar-refractivity contribution is 5.83. The third-order valence-corrected chi connectivity index (χ3v) is 7.46. The first-order valence-electron chi connectivity index (χ1n) is 11.7. The number of rotatable bonds is 3. The molecule has 2 aliphatic rings. The predicted molar refractivity (Wildman–Crippen MR) is 127 cm³/mol. The summed E-state index contributed by atoms with van der Waals surface area (Å²) in [5.41, 5.74) is 6.22. The fourth-order valence-corrected chi connectivity index (χ4v) is 5.33. The molecule has 0 bridgehead atoms. The predicted octanol–water partition coefficient (Wildman–Crippen LogP) is 4.80. The van der Waals surface area contributed by atoms with Crippen molar-refractivity contribution < 1.29 is 0 Å². The lowest BCUT2D eigenvalue weighted by molar-refractivity contribution is 0.131. The fraction of sp³-hybridized carbons (Fsp3) is 0.500. The van der Waals surface area contributed by atoms with Crippen molar-refractivity contribution in [1.29, 1.82) is 0 Å². The molecular formula is C26H33N5. The van der Waals surface area contributed by atoms with Crippen molar-refractivity contribution in [2.45, 2.75) is 58.4 Å². The lowest BCUT2D eigenvalue weighted by Gasteiger charge is -2.42. The average Bonchev–Trinajstić information content (AvgIpc) is 2.81. The number of aromatic nitrogens is 3. The molecule has 5 nitrogen and oxygen atoms in total. The summed E-state index contributed by atoms with van der Waals surface area (Å²) in [6, 6.07) is 9.51. The minimum atomic E-state index is 0.695. The maximum absolute atomic E-state index is 4.94. The summed E-state index contributed by atoms with van der Waals surface area (Å²) < 4.78 is 0. The number of pyridine rings is 1. The summed E-state index contributed by atoms with van der Waals surface area (Å²) in [5, 5.41) is 1.18. The van der Waals surface area contributed by atoms with Crippen molar-refractivity contribution >= 4 is 16.9 Å². The van der Waals surface area contributed by atoms with Gasteiger partial charge in [-0.3, -0.25) is 4.98 Å². The summed E-state index contributed by atoms with van der Waals surface area (Å²) in [5.74, 6) is 1.60. The molecule has 0 atom stereocenters. The van der Waals surface area contributed by atoms with Gasteiger partial charge in [-0.2, -0.15) is 0 Å². The number of nitrogens with zero attached hydrogens (tertiary/aromatic N) is 5. The van der Waals surface area contributed by atoms with E-state index in [4.69, 9.17) is 9.97 Å². The van der Waals surface area contributed by atoms with Gasteiger partial charge < -0.3 is 9.80 Å². The quantitative estimate of drug-likeness (QED) is 0.615. The van der Waals surface area contributed by atoms with Gasteiger partial charge in [0, 0.05) is 36.9 Å². The number of fused-ring (bicyclic) bond motifs is 1. The van der Waals surface area contributed by atoms with Crippen LogP contribution < -0.4 is 4.90 Å². The molecule has 0 amide bonds. The van der Waals surface area contributed by atoms with Gasteiger partial charge in [0.1, 0.15) is 0 Å². The molecule has 1 aromatic carbocycles. The highest BCUT2D eigenvalue weighted by Gasteiger charge is 2.29. The van der Waals surface area contributed by atoms with Crippen LogP contribution in [-0.2, 0) is 0 Å². The van der Waals surface area contributed by atoms with Crippen molar-refractivity contribution in [3.05, 3.63) is 59.0 Å². The van der Waals surface area contributed by atoms with Crippen LogP contribution in [0.4, 0.5) is 5.95 Å². The molecule has 162 valence electrons. The van der Waals surface area contributed by atoms with Crippen LogP contribution in [0.1, 0.15) is 54.0 Å². The van der Waals surface area contributed by atoms with Gasteiger partial charge in [-0.25, -0.2) is 9.97 Å². The number of likely N-dealkylation sites (tertiary alicyclic amines) is 1. The average molecular weight is 416 g/mol. The number of benzene rings is 1. The maximum Gasteiger partial charge on any atom is 0.226 e. The first-order chi connectivity index (χ1) is 15.1. The second-order valence-corrected chi connectivity index (χ2v) is 9.37. The zero-order valence-corrected chi connectivity index (χ0v) is 19.0. The molecule has 5 heteroatoms. The molecule has 3 aromatic rings. The van der Waals surface area contributed by atoms with Crippen molar-refractivity contribution in [3.63, 3.8) is 0 Å². The fourth-order valence-electron chi connectivity index (χ4n) is 5.33. The minimum absolute atomic E-state index is 0.695. The van der Waals surface area contributed by atoms with Crippen LogP contribution in [0.2, 0.25) is 0 Å². The number of aryl methyl sites for hydroxylation is 3. The molecule has 0 N–H and O–H groups in total. The summed E-state index contributed by atoms with van der Waals surface area (Å²) in [7, 11) is 0. The molecule has 31 heavy (non-hydrogen) atoms. The van der Waals surface area contributed by atoms with E-state index in [0.29, 0.717) is 12.0 Å². The van der Waals surface area contributed by atoms with Gasteiger partial charge in [-0.15, -0.1) is 0 Å². The van der Waals surface area contributed by atoms with Gasteiger partial charge in [-0.1, -0.05) is 0 Å². The van der Waals surface area contributed by atoms with E-state index >= 15 is 0 Å². The number of hydrogen-bond donors (Lipinski definition) is 0. The van der Waals surface area contributed by atoms with Gasteiger partial charge in [0.25, 0.3) is 0 Å².